The molecule has 1 atom stereocenters. The molecule has 18 heavy (non-hydrogen) atoms. The van der Waals surface area contributed by atoms with Gasteiger partial charge in [0.05, 0.1) is 0 Å². The molecule has 2 heteroatoms. The zero-order valence-corrected chi connectivity index (χ0v) is 11.8. The molecule has 0 radical (unpaired) electrons. The summed E-state index contributed by atoms with van der Waals surface area (Å²) >= 11 is 0. The molecule has 100 valence electrons. The summed E-state index contributed by atoms with van der Waals surface area (Å²) in [6, 6.07) is 8.98. The summed E-state index contributed by atoms with van der Waals surface area (Å²) in [5.74, 6) is 0.917. The molecular weight excluding hydrogens is 220 g/mol. The summed E-state index contributed by atoms with van der Waals surface area (Å²) in [4.78, 5) is 2.38. The molecule has 1 N–H and O–H groups in total. The van der Waals surface area contributed by atoms with E-state index in [1.165, 1.54) is 50.1 Å². The number of nitrogens with zero attached hydrogens (tertiary/aromatic N) is 1. The maximum absolute atomic E-state index is 3.44. The fraction of sp³-hybridized carbons (Fsp3) is 0.625. The van der Waals surface area contributed by atoms with Crippen LogP contribution in [0.5, 0.6) is 0 Å². The smallest absolute Gasteiger partial charge is 0.0363 e. The summed E-state index contributed by atoms with van der Waals surface area (Å²) in [5.41, 5.74) is 2.76. The Labute approximate surface area is 111 Å². The van der Waals surface area contributed by atoms with E-state index in [9.17, 15) is 0 Å². The Morgan fingerprint density at radius 3 is 2.67 bits per heavy atom. The lowest BCUT2D eigenvalue weighted by Crippen LogP contribution is -2.19. The topological polar surface area (TPSA) is 15.3 Å². The minimum absolute atomic E-state index is 0.917. The van der Waals surface area contributed by atoms with Gasteiger partial charge in [-0.1, -0.05) is 19.1 Å². The molecule has 1 aromatic carbocycles. The number of anilines is 1. The van der Waals surface area contributed by atoms with Crippen molar-refractivity contribution in [1.82, 2.24) is 5.32 Å². The van der Waals surface area contributed by atoms with Crippen molar-refractivity contribution in [1.29, 1.82) is 0 Å². The van der Waals surface area contributed by atoms with Crippen LogP contribution in [0, 0.1) is 5.92 Å². The van der Waals surface area contributed by atoms with Crippen LogP contribution in [-0.2, 0) is 6.42 Å². The van der Waals surface area contributed by atoms with Crippen molar-refractivity contribution >= 4 is 5.69 Å². The van der Waals surface area contributed by atoms with Gasteiger partial charge in [-0.2, -0.15) is 0 Å². The van der Waals surface area contributed by atoms with Crippen LogP contribution in [-0.4, -0.2) is 26.7 Å². The minimum atomic E-state index is 0.917. The molecule has 0 spiro atoms. The van der Waals surface area contributed by atoms with Crippen molar-refractivity contribution in [3.05, 3.63) is 29.8 Å². The molecule has 2 rings (SSSR count). The SMILES string of the molecule is CCc1ccc(N(C)CCCC2CCNC2)cc1. The van der Waals surface area contributed by atoms with Crippen molar-refractivity contribution in [2.75, 3.05) is 31.6 Å². The van der Waals surface area contributed by atoms with Gasteiger partial charge in [-0.15, -0.1) is 0 Å². The van der Waals surface area contributed by atoms with E-state index in [-0.39, 0.29) is 0 Å². The van der Waals surface area contributed by atoms with Crippen LogP contribution < -0.4 is 10.2 Å². The predicted octanol–water partition coefficient (Wildman–Crippen LogP) is 3.07. The summed E-state index contributed by atoms with van der Waals surface area (Å²) in [6.07, 6.45) is 5.16. The lowest BCUT2D eigenvalue weighted by atomic mass is 10.0. The van der Waals surface area contributed by atoms with Gasteiger partial charge in [0.25, 0.3) is 0 Å². The van der Waals surface area contributed by atoms with Crippen LogP contribution in [0.15, 0.2) is 24.3 Å². The summed E-state index contributed by atoms with van der Waals surface area (Å²) in [6.45, 7) is 5.82. The molecule has 1 unspecified atom stereocenters. The van der Waals surface area contributed by atoms with E-state index in [1.54, 1.807) is 0 Å². The van der Waals surface area contributed by atoms with Gasteiger partial charge in [0.1, 0.15) is 0 Å². The second kappa shape index (κ2) is 6.79. The van der Waals surface area contributed by atoms with E-state index in [0.717, 1.165) is 12.3 Å². The van der Waals surface area contributed by atoms with Gasteiger partial charge in [-0.25, -0.2) is 0 Å². The molecule has 0 amide bonds. The Hall–Kier alpha value is -1.02. The quantitative estimate of drug-likeness (QED) is 0.830. The first kappa shape index (κ1) is 13.4. The molecule has 0 bridgehead atoms. The van der Waals surface area contributed by atoms with Gasteiger partial charge in [-0.3, -0.25) is 0 Å². The van der Waals surface area contributed by atoms with Crippen LogP contribution in [0.4, 0.5) is 5.69 Å². The highest BCUT2D eigenvalue weighted by molar-refractivity contribution is 5.46. The Balaban J connectivity index is 1.74. The van der Waals surface area contributed by atoms with Gasteiger partial charge in [0, 0.05) is 19.3 Å². The first-order chi connectivity index (χ1) is 8.79. The van der Waals surface area contributed by atoms with Crippen molar-refractivity contribution < 1.29 is 0 Å². The third-order valence-electron chi connectivity index (χ3n) is 4.05. The van der Waals surface area contributed by atoms with Crippen LogP contribution in [0.1, 0.15) is 31.7 Å². The van der Waals surface area contributed by atoms with E-state index >= 15 is 0 Å². The lowest BCUT2D eigenvalue weighted by Gasteiger charge is -2.20. The van der Waals surface area contributed by atoms with Crippen LogP contribution in [0.2, 0.25) is 0 Å². The molecule has 0 aromatic heterocycles. The molecule has 2 nitrogen and oxygen atoms in total. The predicted molar refractivity (Wildman–Crippen MR) is 79.3 cm³/mol. The molecule has 1 aromatic rings. The Kier molecular flexibility index (Phi) is 5.06. The number of benzene rings is 1. The highest BCUT2D eigenvalue weighted by atomic mass is 15.1. The zero-order chi connectivity index (χ0) is 12.8. The van der Waals surface area contributed by atoms with Crippen molar-refractivity contribution in [3.63, 3.8) is 0 Å². The number of hydrogen-bond donors (Lipinski definition) is 1. The fourth-order valence-electron chi connectivity index (χ4n) is 2.69. The number of nitrogens with one attached hydrogen (secondary N) is 1. The number of rotatable bonds is 6. The van der Waals surface area contributed by atoms with Crippen molar-refractivity contribution in [3.8, 4) is 0 Å². The summed E-state index contributed by atoms with van der Waals surface area (Å²) < 4.78 is 0. The third kappa shape index (κ3) is 3.74. The second-order valence-electron chi connectivity index (χ2n) is 5.44. The van der Waals surface area contributed by atoms with Gasteiger partial charge in [0.15, 0.2) is 0 Å². The largest absolute Gasteiger partial charge is 0.375 e. The maximum Gasteiger partial charge on any atom is 0.0363 e. The van der Waals surface area contributed by atoms with Crippen molar-refractivity contribution in [2.24, 2.45) is 5.92 Å². The molecule has 1 heterocycles. The minimum Gasteiger partial charge on any atom is -0.375 e. The lowest BCUT2D eigenvalue weighted by molar-refractivity contribution is 0.511. The monoisotopic (exact) mass is 246 g/mol. The molecule has 0 aliphatic carbocycles. The molecule has 1 aliphatic rings. The van der Waals surface area contributed by atoms with Crippen molar-refractivity contribution in [2.45, 2.75) is 32.6 Å². The van der Waals surface area contributed by atoms with Crippen LogP contribution in [0.25, 0.3) is 0 Å². The maximum atomic E-state index is 3.44. The average molecular weight is 246 g/mol. The van der Waals surface area contributed by atoms with Gasteiger partial charge < -0.3 is 10.2 Å². The van der Waals surface area contributed by atoms with Gasteiger partial charge in [0.2, 0.25) is 0 Å². The van der Waals surface area contributed by atoms with Crippen LogP contribution >= 0.6 is 0 Å². The molecule has 1 saturated heterocycles. The molecule has 0 saturated carbocycles. The van der Waals surface area contributed by atoms with E-state index in [2.05, 4.69) is 48.5 Å². The van der Waals surface area contributed by atoms with Crippen LogP contribution in [0.3, 0.4) is 0 Å². The number of aryl methyl sites for hydroxylation is 1. The first-order valence-electron chi connectivity index (χ1n) is 7.30. The third-order valence-corrected chi connectivity index (χ3v) is 4.05. The Bertz CT molecular complexity index is 339. The summed E-state index contributed by atoms with van der Waals surface area (Å²) in [7, 11) is 2.20. The molecule has 1 fully saturated rings. The zero-order valence-electron chi connectivity index (χ0n) is 11.8. The standard InChI is InChI=1S/C16H26N2/c1-3-14-6-8-16(9-7-14)18(2)12-4-5-15-10-11-17-13-15/h6-9,15,17H,3-5,10-13H2,1-2H3. The fourth-order valence-corrected chi connectivity index (χ4v) is 2.69. The molecular formula is C16H26N2. The van der Waals surface area contributed by atoms with Gasteiger partial charge >= 0.3 is 0 Å². The van der Waals surface area contributed by atoms with E-state index in [4.69, 9.17) is 0 Å². The normalized spacial score (nSPS) is 19.1. The summed E-state index contributed by atoms with van der Waals surface area (Å²) in [5, 5.41) is 3.44. The Morgan fingerprint density at radius 2 is 2.06 bits per heavy atom. The Morgan fingerprint density at radius 1 is 1.28 bits per heavy atom. The highest BCUT2D eigenvalue weighted by Crippen LogP contribution is 2.17. The van der Waals surface area contributed by atoms with E-state index in [0.29, 0.717) is 0 Å². The van der Waals surface area contributed by atoms with E-state index in [1.807, 2.05) is 0 Å². The van der Waals surface area contributed by atoms with E-state index < -0.39 is 0 Å². The highest BCUT2D eigenvalue weighted by Gasteiger charge is 2.13. The molecule has 1 aliphatic heterocycles. The first-order valence-corrected chi connectivity index (χ1v) is 7.30. The second-order valence-corrected chi connectivity index (χ2v) is 5.44. The van der Waals surface area contributed by atoms with Gasteiger partial charge in [-0.05, 0) is 62.4 Å². The average Bonchev–Trinajstić information content (AvgIpc) is 2.92. The number of hydrogen-bond acceptors (Lipinski definition) is 2.